The van der Waals surface area contributed by atoms with Crippen molar-refractivity contribution in [3.05, 3.63) is 59.2 Å². The second-order valence-electron chi connectivity index (χ2n) is 7.74. The molecule has 2 aliphatic rings. The Labute approximate surface area is 161 Å². The van der Waals surface area contributed by atoms with Gasteiger partial charge in [-0.2, -0.15) is 0 Å². The summed E-state index contributed by atoms with van der Waals surface area (Å²) in [4.78, 5) is 25.5. The van der Waals surface area contributed by atoms with Crippen molar-refractivity contribution in [1.82, 2.24) is 19.8 Å². The molecule has 5 heteroatoms. The van der Waals surface area contributed by atoms with Gasteiger partial charge in [0, 0.05) is 69.4 Å². The first kappa shape index (κ1) is 18.1. The van der Waals surface area contributed by atoms with Crippen LogP contribution in [0.3, 0.4) is 0 Å². The van der Waals surface area contributed by atoms with Crippen LogP contribution in [0.1, 0.15) is 48.3 Å². The Morgan fingerprint density at radius 1 is 1.15 bits per heavy atom. The fourth-order valence-electron chi connectivity index (χ4n) is 4.16. The summed E-state index contributed by atoms with van der Waals surface area (Å²) < 4.78 is 0. The lowest BCUT2D eigenvalue weighted by atomic mass is 9.95. The van der Waals surface area contributed by atoms with Crippen LogP contribution in [0.2, 0.25) is 0 Å². The first-order valence-electron chi connectivity index (χ1n) is 10.1. The molecule has 2 aromatic rings. The second-order valence-corrected chi connectivity index (χ2v) is 7.74. The van der Waals surface area contributed by atoms with E-state index in [9.17, 15) is 4.79 Å². The number of benzene rings is 1. The van der Waals surface area contributed by atoms with Gasteiger partial charge in [0.1, 0.15) is 5.82 Å². The fourth-order valence-corrected chi connectivity index (χ4v) is 4.16. The van der Waals surface area contributed by atoms with Crippen molar-refractivity contribution in [3.63, 3.8) is 0 Å². The van der Waals surface area contributed by atoms with Gasteiger partial charge in [-0.3, -0.25) is 9.69 Å². The molecule has 0 spiro atoms. The van der Waals surface area contributed by atoms with Gasteiger partial charge in [0.15, 0.2) is 0 Å². The molecular weight excluding hydrogens is 336 g/mol. The number of nitrogens with zero attached hydrogens (tertiary/aromatic N) is 4. The summed E-state index contributed by atoms with van der Waals surface area (Å²) in [5, 5.41) is 0. The summed E-state index contributed by atoms with van der Waals surface area (Å²) in [7, 11) is 0. The molecule has 0 aliphatic carbocycles. The van der Waals surface area contributed by atoms with Crippen molar-refractivity contribution >= 4 is 5.91 Å². The van der Waals surface area contributed by atoms with E-state index in [4.69, 9.17) is 9.97 Å². The average molecular weight is 364 g/mol. The summed E-state index contributed by atoms with van der Waals surface area (Å²) in [5.41, 5.74) is 3.90. The maximum absolute atomic E-state index is 11.5. The minimum absolute atomic E-state index is 0.176. The molecule has 1 aromatic heterocycles. The number of hydrogen-bond donors (Lipinski definition) is 0. The van der Waals surface area contributed by atoms with Gasteiger partial charge in [-0.25, -0.2) is 9.97 Å². The van der Waals surface area contributed by atoms with Crippen molar-refractivity contribution in [1.29, 1.82) is 0 Å². The third-order valence-corrected chi connectivity index (χ3v) is 5.90. The molecule has 142 valence electrons. The number of piperidine rings is 1. The van der Waals surface area contributed by atoms with Gasteiger partial charge < -0.3 is 4.90 Å². The van der Waals surface area contributed by atoms with Crippen molar-refractivity contribution in [3.8, 4) is 0 Å². The molecule has 0 atom stereocenters. The van der Waals surface area contributed by atoms with E-state index in [-0.39, 0.29) is 5.91 Å². The zero-order valence-corrected chi connectivity index (χ0v) is 16.1. The van der Waals surface area contributed by atoms with Gasteiger partial charge in [0.05, 0.1) is 0 Å². The number of fused-ring (bicyclic) bond motifs is 1. The molecule has 1 fully saturated rings. The molecule has 0 bridgehead atoms. The molecule has 0 radical (unpaired) electrons. The van der Waals surface area contributed by atoms with Crippen molar-refractivity contribution < 1.29 is 4.79 Å². The molecule has 5 nitrogen and oxygen atoms in total. The van der Waals surface area contributed by atoms with Crippen LogP contribution in [0.4, 0.5) is 0 Å². The Balaban J connectivity index is 1.35. The van der Waals surface area contributed by atoms with Crippen LogP contribution in [0, 0.1) is 0 Å². The molecule has 27 heavy (non-hydrogen) atoms. The van der Waals surface area contributed by atoms with E-state index in [1.165, 1.54) is 16.8 Å². The minimum Gasteiger partial charge on any atom is -0.343 e. The maximum Gasteiger partial charge on any atom is 0.219 e. The van der Waals surface area contributed by atoms with Crippen LogP contribution in [0.25, 0.3) is 0 Å². The molecule has 0 saturated carbocycles. The van der Waals surface area contributed by atoms with Crippen LogP contribution in [0.15, 0.2) is 36.5 Å². The van der Waals surface area contributed by atoms with E-state index < -0.39 is 0 Å². The monoisotopic (exact) mass is 364 g/mol. The topological polar surface area (TPSA) is 49.3 Å². The molecule has 1 saturated heterocycles. The predicted molar refractivity (Wildman–Crippen MR) is 105 cm³/mol. The molecule has 0 unspecified atom stereocenters. The van der Waals surface area contributed by atoms with E-state index in [0.29, 0.717) is 5.92 Å². The normalized spacial score (nSPS) is 18.3. The predicted octanol–water partition coefficient (Wildman–Crippen LogP) is 2.80. The highest BCUT2D eigenvalue weighted by Gasteiger charge is 2.25. The summed E-state index contributed by atoms with van der Waals surface area (Å²) >= 11 is 0. The van der Waals surface area contributed by atoms with Crippen LogP contribution in [-0.4, -0.2) is 51.9 Å². The number of hydrogen-bond acceptors (Lipinski definition) is 4. The lowest BCUT2D eigenvalue weighted by molar-refractivity contribution is -0.129. The van der Waals surface area contributed by atoms with Gasteiger partial charge >= 0.3 is 0 Å². The Hall–Kier alpha value is -2.27. The highest BCUT2D eigenvalue weighted by molar-refractivity contribution is 5.73. The molecule has 3 heterocycles. The smallest absolute Gasteiger partial charge is 0.219 e. The Bertz CT molecular complexity index is 784. The van der Waals surface area contributed by atoms with Crippen LogP contribution in [0.5, 0.6) is 0 Å². The fraction of sp³-hybridized carbons (Fsp3) is 0.500. The van der Waals surface area contributed by atoms with Crippen molar-refractivity contribution in [2.24, 2.45) is 0 Å². The minimum atomic E-state index is 0.176. The van der Waals surface area contributed by atoms with E-state index in [2.05, 4.69) is 35.2 Å². The van der Waals surface area contributed by atoms with Crippen molar-refractivity contribution in [2.75, 3.05) is 26.2 Å². The SMILES string of the molecule is CC(=O)N1CCC(c2ncc3c(n2)CCN(CCc2ccccc2)C3)CC1. The summed E-state index contributed by atoms with van der Waals surface area (Å²) in [5.74, 6) is 1.55. The van der Waals surface area contributed by atoms with E-state index in [0.717, 1.165) is 64.2 Å². The standard InChI is InChI=1S/C22H28N4O/c1-17(27)26-13-8-19(9-14-26)22-23-15-20-16-25(12-10-21(20)24-22)11-7-18-5-3-2-4-6-18/h2-6,15,19H,7-14,16H2,1H3. The third-order valence-electron chi connectivity index (χ3n) is 5.90. The summed E-state index contributed by atoms with van der Waals surface area (Å²) in [6, 6.07) is 10.7. The van der Waals surface area contributed by atoms with E-state index in [1.807, 2.05) is 11.1 Å². The molecule has 4 rings (SSSR count). The molecule has 1 aromatic carbocycles. The van der Waals surface area contributed by atoms with Crippen LogP contribution < -0.4 is 0 Å². The highest BCUT2D eigenvalue weighted by Crippen LogP contribution is 2.27. The molecule has 0 N–H and O–H groups in total. The number of likely N-dealkylation sites (tertiary alicyclic amines) is 1. The molecule has 2 aliphatic heterocycles. The van der Waals surface area contributed by atoms with E-state index >= 15 is 0 Å². The molecule has 1 amide bonds. The Morgan fingerprint density at radius 3 is 2.67 bits per heavy atom. The van der Waals surface area contributed by atoms with E-state index in [1.54, 1.807) is 6.92 Å². The van der Waals surface area contributed by atoms with Gasteiger partial charge in [0.25, 0.3) is 0 Å². The summed E-state index contributed by atoms with van der Waals surface area (Å²) in [6.07, 6.45) is 6.09. The average Bonchev–Trinajstić information content (AvgIpc) is 2.72. The Kier molecular flexibility index (Phi) is 5.48. The number of amides is 1. The Morgan fingerprint density at radius 2 is 1.93 bits per heavy atom. The highest BCUT2D eigenvalue weighted by atomic mass is 16.2. The number of rotatable bonds is 4. The first-order chi connectivity index (χ1) is 13.2. The lowest BCUT2D eigenvalue weighted by Gasteiger charge is -2.32. The number of carbonyl (C=O) groups is 1. The first-order valence-corrected chi connectivity index (χ1v) is 10.1. The van der Waals surface area contributed by atoms with Gasteiger partial charge in [0.2, 0.25) is 5.91 Å². The maximum atomic E-state index is 11.5. The number of carbonyl (C=O) groups excluding carboxylic acids is 1. The largest absolute Gasteiger partial charge is 0.343 e. The van der Waals surface area contributed by atoms with Gasteiger partial charge in [-0.1, -0.05) is 30.3 Å². The molecular formula is C22H28N4O. The zero-order chi connectivity index (χ0) is 18.6. The second kappa shape index (κ2) is 8.17. The third kappa shape index (κ3) is 4.35. The van der Waals surface area contributed by atoms with Crippen LogP contribution >= 0.6 is 0 Å². The lowest BCUT2D eigenvalue weighted by Crippen LogP contribution is -2.37. The quantitative estimate of drug-likeness (QED) is 0.837. The van der Waals surface area contributed by atoms with Crippen LogP contribution in [-0.2, 0) is 24.2 Å². The summed E-state index contributed by atoms with van der Waals surface area (Å²) in [6.45, 7) is 6.40. The van der Waals surface area contributed by atoms with Gasteiger partial charge in [-0.15, -0.1) is 0 Å². The number of aromatic nitrogens is 2. The van der Waals surface area contributed by atoms with Gasteiger partial charge in [-0.05, 0) is 24.8 Å². The van der Waals surface area contributed by atoms with Crippen molar-refractivity contribution in [2.45, 2.75) is 45.1 Å². The zero-order valence-electron chi connectivity index (χ0n) is 16.1.